The molecule has 0 saturated carbocycles. The number of carbonyl (C=O) groups excluding carboxylic acids is 2. The first-order valence-electron chi connectivity index (χ1n) is 7.85. The van der Waals surface area contributed by atoms with Crippen LogP contribution in [0.2, 0.25) is 5.15 Å². The molecule has 27 heavy (non-hydrogen) atoms. The van der Waals surface area contributed by atoms with E-state index in [2.05, 4.69) is 10.3 Å². The standard InChI is InChI=1S/C17H17ClF3N3O3/c1-9-7-12(10(2)24(9)8-17(19,20)21)16(26)27-11(3)15(25)23-13-5-4-6-22-14(13)18/h4-7,11H,8H2,1-3H3,(H,23,25). The topological polar surface area (TPSA) is 73.2 Å². The van der Waals surface area contributed by atoms with Crippen LogP contribution in [0.3, 0.4) is 0 Å². The number of ether oxygens (including phenoxy) is 1. The lowest BCUT2D eigenvalue weighted by Crippen LogP contribution is -2.30. The van der Waals surface area contributed by atoms with Crippen molar-refractivity contribution < 1.29 is 27.5 Å². The van der Waals surface area contributed by atoms with Crippen LogP contribution in [-0.4, -0.2) is 33.7 Å². The molecule has 0 aliphatic rings. The Morgan fingerprint density at radius 1 is 1.37 bits per heavy atom. The molecule has 0 spiro atoms. The van der Waals surface area contributed by atoms with Crippen LogP contribution in [0.15, 0.2) is 24.4 Å². The van der Waals surface area contributed by atoms with Gasteiger partial charge in [0.15, 0.2) is 11.3 Å². The Morgan fingerprint density at radius 2 is 2.04 bits per heavy atom. The summed E-state index contributed by atoms with van der Waals surface area (Å²) >= 11 is 5.84. The summed E-state index contributed by atoms with van der Waals surface area (Å²) in [5, 5.41) is 2.53. The highest BCUT2D eigenvalue weighted by atomic mass is 35.5. The third-order valence-electron chi connectivity index (χ3n) is 3.80. The zero-order chi connectivity index (χ0) is 20.4. The van der Waals surface area contributed by atoms with Crippen LogP contribution in [0.1, 0.15) is 28.7 Å². The highest BCUT2D eigenvalue weighted by Gasteiger charge is 2.31. The van der Waals surface area contributed by atoms with Gasteiger partial charge in [-0.1, -0.05) is 11.6 Å². The van der Waals surface area contributed by atoms with E-state index in [1.54, 1.807) is 6.07 Å². The third-order valence-corrected chi connectivity index (χ3v) is 4.10. The zero-order valence-corrected chi connectivity index (χ0v) is 15.5. The predicted molar refractivity (Wildman–Crippen MR) is 92.7 cm³/mol. The Morgan fingerprint density at radius 3 is 2.63 bits per heavy atom. The van der Waals surface area contributed by atoms with Gasteiger partial charge in [-0.15, -0.1) is 0 Å². The lowest BCUT2D eigenvalue weighted by atomic mass is 10.2. The molecule has 2 rings (SSSR count). The molecule has 10 heteroatoms. The number of aryl methyl sites for hydroxylation is 1. The summed E-state index contributed by atoms with van der Waals surface area (Å²) in [7, 11) is 0. The van der Waals surface area contributed by atoms with Crippen LogP contribution in [0, 0.1) is 13.8 Å². The average Bonchev–Trinajstić information content (AvgIpc) is 2.83. The molecule has 6 nitrogen and oxygen atoms in total. The fourth-order valence-corrected chi connectivity index (χ4v) is 2.59. The molecule has 0 fully saturated rings. The van der Waals surface area contributed by atoms with E-state index in [1.807, 2.05) is 0 Å². The van der Waals surface area contributed by atoms with Gasteiger partial charge in [0.25, 0.3) is 5.91 Å². The Labute approximate surface area is 158 Å². The molecule has 1 unspecified atom stereocenters. The first kappa shape index (κ1) is 20.8. The zero-order valence-electron chi connectivity index (χ0n) is 14.7. The molecule has 146 valence electrons. The lowest BCUT2D eigenvalue weighted by Gasteiger charge is -2.15. The third kappa shape index (κ3) is 5.22. The van der Waals surface area contributed by atoms with Crippen molar-refractivity contribution in [3.63, 3.8) is 0 Å². The summed E-state index contributed by atoms with van der Waals surface area (Å²) in [5.74, 6) is -1.54. The summed E-state index contributed by atoms with van der Waals surface area (Å²) < 4.78 is 44.0. The molecule has 0 aromatic carbocycles. The van der Waals surface area contributed by atoms with E-state index in [9.17, 15) is 22.8 Å². The van der Waals surface area contributed by atoms with Gasteiger partial charge in [0, 0.05) is 17.6 Å². The molecule has 0 saturated heterocycles. The molecule has 2 heterocycles. The summed E-state index contributed by atoms with van der Waals surface area (Å²) in [6, 6.07) is 4.38. The minimum absolute atomic E-state index is 0.0317. The minimum Gasteiger partial charge on any atom is -0.449 e. The smallest absolute Gasteiger partial charge is 0.406 e. The Bertz CT molecular complexity index is 865. The molecule has 1 amide bonds. The number of nitrogens with one attached hydrogen (secondary N) is 1. The largest absolute Gasteiger partial charge is 0.449 e. The molecule has 0 aliphatic carbocycles. The number of carbonyl (C=O) groups is 2. The van der Waals surface area contributed by atoms with E-state index in [1.165, 1.54) is 39.1 Å². The van der Waals surface area contributed by atoms with Gasteiger partial charge in [0.1, 0.15) is 6.54 Å². The number of halogens is 4. The summed E-state index contributed by atoms with van der Waals surface area (Å²) in [6.45, 7) is 2.96. The van der Waals surface area contributed by atoms with Crippen molar-refractivity contribution in [2.45, 2.75) is 39.6 Å². The van der Waals surface area contributed by atoms with Crippen molar-refractivity contribution in [2.24, 2.45) is 0 Å². The lowest BCUT2D eigenvalue weighted by molar-refractivity contribution is -0.141. The quantitative estimate of drug-likeness (QED) is 0.607. The number of aromatic nitrogens is 2. The van der Waals surface area contributed by atoms with E-state index in [-0.39, 0.29) is 27.8 Å². The Kier molecular flexibility index (Phi) is 6.15. The van der Waals surface area contributed by atoms with Gasteiger partial charge in [-0.25, -0.2) is 9.78 Å². The van der Waals surface area contributed by atoms with Crippen LogP contribution in [-0.2, 0) is 16.1 Å². The molecular weight excluding hydrogens is 387 g/mol. The number of amides is 1. The molecule has 0 bridgehead atoms. The van der Waals surface area contributed by atoms with Crippen molar-refractivity contribution in [1.82, 2.24) is 9.55 Å². The van der Waals surface area contributed by atoms with Crippen LogP contribution in [0.5, 0.6) is 0 Å². The maximum atomic E-state index is 12.7. The highest BCUT2D eigenvalue weighted by molar-refractivity contribution is 6.32. The maximum absolute atomic E-state index is 12.7. The van der Waals surface area contributed by atoms with E-state index in [4.69, 9.17) is 16.3 Å². The fraction of sp³-hybridized carbons (Fsp3) is 0.353. The van der Waals surface area contributed by atoms with Gasteiger partial charge in [0.2, 0.25) is 0 Å². The molecule has 0 radical (unpaired) electrons. The van der Waals surface area contributed by atoms with Crippen molar-refractivity contribution in [2.75, 3.05) is 5.32 Å². The minimum atomic E-state index is -4.42. The molecule has 2 aromatic heterocycles. The van der Waals surface area contributed by atoms with Gasteiger partial charge in [-0.3, -0.25) is 4.79 Å². The number of esters is 1. The van der Waals surface area contributed by atoms with Gasteiger partial charge < -0.3 is 14.6 Å². The number of hydrogen-bond acceptors (Lipinski definition) is 4. The highest BCUT2D eigenvalue weighted by Crippen LogP contribution is 2.24. The number of anilines is 1. The number of pyridine rings is 1. The van der Waals surface area contributed by atoms with E-state index in [0.29, 0.717) is 0 Å². The van der Waals surface area contributed by atoms with E-state index < -0.39 is 30.7 Å². The van der Waals surface area contributed by atoms with Crippen LogP contribution < -0.4 is 5.32 Å². The van der Waals surface area contributed by atoms with E-state index in [0.717, 1.165) is 4.57 Å². The van der Waals surface area contributed by atoms with Gasteiger partial charge in [0.05, 0.1) is 11.3 Å². The average molecular weight is 404 g/mol. The molecule has 1 N–H and O–H groups in total. The maximum Gasteiger partial charge on any atom is 0.406 e. The van der Waals surface area contributed by atoms with Crippen molar-refractivity contribution in [1.29, 1.82) is 0 Å². The molecule has 0 aliphatic heterocycles. The number of hydrogen-bond donors (Lipinski definition) is 1. The van der Waals surface area contributed by atoms with Crippen molar-refractivity contribution >= 4 is 29.2 Å². The normalized spacial score (nSPS) is 12.6. The van der Waals surface area contributed by atoms with Crippen LogP contribution in [0.4, 0.5) is 18.9 Å². The SMILES string of the molecule is Cc1cc(C(=O)OC(C)C(=O)Nc2cccnc2Cl)c(C)n1CC(F)(F)F. The van der Waals surface area contributed by atoms with Gasteiger partial charge in [-0.05, 0) is 39.0 Å². The first-order chi connectivity index (χ1) is 12.5. The van der Waals surface area contributed by atoms with Crippen molar-refractivity contribution in [3.05, 3.63) is 46.5 Å². The second kappa shape index (κ2) is 7.99. The number of nitrogens with zero attached hydrogens (tertiary/aromatic N) is 2. The molecule has 2 aromatic rings. The summed E-state index contributed by atoms with van der Waals surface area (Å²) in [6.07, 6.45) is -4.18. The Hall–Kier alpha value is -2.55. The summed E-state index contributed by atoms with van der Waals surface area (Å²) in [4.78, 5) is 28.2. The second-order valence-corrected chi connectivity index (χ2v) is 6.22. The van der Waals surface area contributed by atoms with Gasteiger partial charge >= 0.3 is 12.1 Å². The van der Waals surface area contributed by atoms with Crippen LogP contribution in [0.25, 0.3) is 0 Å². The van der Waals surface area contributed by atoms with E-state index >= 15 is 0 Å². The summed E-state index contributed by atoms with van der Waals surface area (Å²) in [5.41, 5.74) is 0.583. The predicted octanol–water partition coefficient (Wildman–Crippen LogP) is 3.90. The molecule has 1 atom stereocenters. The Balaban J connectivity index is 2.09. The second-order valence-electron chi connectivity index (χ2n) is 5.86. The van der Waals surface area contributed by atoms with Crippen LogP contribution >= 0.6 is 11.6 Å². The van der Waals surface area contributed by atoms with Gasteiger partial charge in [-0.2, -0.15) is 13.2 Å². The van der Waals surface area contributed by atoms with Crippen molar-refractivity contribution in [3.8, 4) is 0 Å². The number of alkyl halides is 3. The number of rotatable bonds is 5. The molecular formula is C17H17ClF3N3O3. The monoisotopic (exact) mass is 403 g/mol. The fourth-order valence-electron chi connectivity index (χ4n) is 2.42. The first-order valence-corrected chi connectivity index (χ1v) is 8.23.